The van der Waals surface area contributed by atoms with Gasteiger partial charge in [-0.05, 0) is 69.5 Å². The number of ether oxygens (including phenoxy) is 2. The first-order chi connectivity index (χ1) is 20.4. The van der Waals surface area contributed by atoms with E-state index < -0.39 is 12.2 Å². The number of fused-ring (bicyclic) bond motifs is 1. The summed E-state index contributed by atoms with van der Waals surface area (Å²) in [4.78, 5) is 15.3. The van der Waals surface area contributed by atoms with Crippen LogP contribution in [-0.2, 0) is 11.3 Å². The van der Waals surface area contributed by atoms with Crippen molar-refractivity contribution in [3.05, 3.63) is 95.2 Å². The predicted molar refractivity (Wildman–Crippen MR) is 165 cm³/mol. The molecule has 42 heavy (non-hydrogen) atoms. The first-order valence-corrected chi connectivity index (χ1v) is 15.0. The molecule has 7 heteroatoms. The Morgan fingerprint density at radius 1 is 1.02 bits per heavy atom. The number of aliphatic hydroxyl groups is 2. The van der Waals surface area contributed by atoms with Gasteiger partial charge < -0.3 is 24.3 Å². The summed E-state index contributed by atoms with van der Waals surface area (Å²) in [6.45, 7) is 7.19. The summed E-state index contributed by atoms with van der Waals surface area (Å²) in [5.74, 6) is 0.200. The Morgan fingerprint density at radius 3 is 2.48 bits per heavy atom. The largest absolute Gasteiger partial charge is 0.491 e. The number of carbonyl (C=O) groups excluding carboxylic acids is 1. The van der Waals surface area contributed by atoms with E-state index in [4.69, 9.17) is 9.47 Å². The molecule has 1 aromatic heterocycles. The average Bonchev–Trinajstić information content (AvgIpc) is 3.28. The molecule has 0 aliphatic heterocycles. The van der Waals surface area contributed by atoms with Crippen molar-refractivity contribution in [3.63, 3.8) is 0 Å². The second kappa shape index (κ2) is 13.6. The number of aromatic nitrogens is 1. The van der Waals surface area contributed by atoms with Crippen molar-refractivity contribution < 1.29 is 24.5 Å². The van der Waals surface area contributed by atoms with Crippen molar-refractivity contribution in [2.24, 2.45) is 0 Å². The fourth-order valence-electron chi connectivity index (χ4n) is 6.14. The predicted octanol–water partition coefficient (Wildman–Crippen LogP) is 5.97. The highest BCUT2D eigenvalue weighted by molar-refractivity contribution is 6.07. The second-order valence-corrected chi connectivity index (χ2v) is 11.3. The van der Waals surface area contributed by atoms with Crippen molar-refractivity contribution in [1.29, 1.82) is 0 Å². The summed E-state index contributed by atoms with van der Waals surface area (Å²) >= 11 is 0. The molecule has 1 aliphatic carbocycles. The Morgan fingerprint density at radius 2 is 1.76 bits per heavy atom. The number of benzene rings is 3. The van der Waals surface area contributed by atoms with E-state index in [2.05, 4.69) is 33.7 Å². The molecule has 2 N–H and O–H groups in total. The molecule has 0 saturated heterocycles. The topological polar surface area (TPSA) is 84.2 Å². The number of carbonyl (C=O) groups is 1. The molecule has 1 fully saturated rings. The monoisotopic (exact) mass is 570 g/mol. The Kier molecular flexibility index (Phi) is 9.62. The summed E-state index contributed by atoms with van der Waals surface area (Å²) in [7, 11) is 0. The molecule has 1 aliphatic rings. The van der Waals surface area contributed by atoms with Gasteiger partial charge in [0, 0.05) is 35.9 Å². The Labute approximate surface area is 248 Å². The van der Waals surface area contributed by atoms with Gasteiger partial charge in [-0.25, -0.2) is 4.79 Å². The third-order valence-corrected chi connectivity index (χ3v) is 8.23. The number of nitrogens with zero attached hydrogens (tertiary/aromatic N) is 2. The number of aliphatic hydroxyl groups excluding tert-OH is 2. The number of rotatable bonds is 11. The van der Waals surface area contributed by atoms with Crippen LogP contribution in [0.3, 0.4) is 0 Å². The van der Waals surface area contributed by atoms with Crippen LogP contribution in [0.1, 0.15) is 59.8 Å². The molecular formula is C35H42N2O5. The van der Waals surface area contributed by atoms with E-state index >= 15 is 0 Å². The summed E-state index contributed by atoms with van der Waals surface area (Å²) in [6, 6.07) is 24.0. The summed E-state index contributed by atoms with van der Waals surface area (Å²) < 4.78 is 13.6. The number of aryl methyl sites for hydroxylation is 1. The molecule has 3 atom stereocenters. The fourth-order valence-corrected chi connectivity index (χ4v) is 6.14. The standard InChI is InChI=1S/C35H42N2O5/c1-4-41-35(40)34-25(3)37(27-16-14-24(2)15-17-27)31-19-18-29(20-30(31)34)42-23-28(38)22-36(21-26-10-6-5-7-11-26)32-12-8-9-13-33(32)39/h5-7,10-11,14-20,28,32-33,38-39H,4,8-9,12-13,21-23H2,1-3H3/t28-,32-,33-/m1/s1. The van der Waals surface area contributed by atoms with Gasteiger partial charge in [0.15, 0.2) is 0 Å². The summed E-state index contributed by atoms with van der Waals surface area (Å²) in [5.41, 5.74) is 5.46. The Hall–Kier alpha value is -3.65. The molecule has 0 unspecified atom stereocenters. The average molecular weight is 571 g/mol. The third kappa shape index (κ3) is 6.70. The van der Waals surface area contributed by atoms with E-state index in [0.717, 1.165) is 59.1 Å². The van der Waals surface area contributed by atoms with Crippen LogP contribution in [0.15, 0.2) is 72.8 Å². The van der Waals surface area contributed by atoms with E-state index in [0.29, 0.717) is 24.4 Å². The van der Waals surface area contributed by atoms with Gasteiger partial charge in [0.1, 0.15) is 18.5 Å². The van der Waals surface area contributed by atoms with E-state index in [1.165, 1.54) is 0 Å². The van der Waals surface area contributed by atoms with Gasteiger partial charge in [0.05, 0.1) is 23.8 Å². The van der Waals surface area contributed by atoms with Crippen LogP contribution in [0.25, 0.3) is 16.6 Å². The zero-order valence-corrected chi connectivity index (χ0v) is 24.8. The number of hydrogen-bond acceptors (Lipinski definition) is 6. The van der Waals surface area contributed by atoms with Crippen molar-refractivity contribution in [2.75, 3.05) is 19.8 Å². The van der Waals surface area contributed by atoms with E-state index in [9.17, 15) is 15.0 Å². The fraction of sp³-hybridized carbons (Fsp3) is 0.400. The van der Waals surface area contributed by atoms with Gasteiger partial charge in [-0.15, -0.1) is 0 Å². The van der Waals surface area contributed by atoms with Crippen molar-refractivity contribution >= 4 is 16.9 Å². The Bertz CT molecular complexity index is 1480. The lowest BCUT2D eigenvalue weighted by Crippen LogP contribution is -2.48. The van der Waals surface area contributed by atoms with E-state index in [-0.39, 0.29) is 25.2 Å². The molecule has 0 bridgehead atoms. The SMILES string of the molecule is CCOC(=O)c1c(C)n(-c2ccc(C)cc2)c2ccc(OC[C@H](O)CN(Cc3ccccc3)[C@@H]3CCCC[C@H]3O)cc12. The van der Waals surface area contributed by atoms with Crippen LogP contribution < -0.4 is 4.74 Å². The zero-order chi connectivity index (χ0) is 29.6. The third-order valence-electron chi connectivity index (χ3n) is 8.23. The molecule has 3 aromatic carbocycles. The van der Waals surface area contributed by atoms with Crippen molar-refractivity contribution in [1.82, 2.24) is 9.47 Å². The first kappa shape index (κ1) is 29.8. The molecule has 5 rings (SSSR count). The maximum atomic E-state index is 13.1. The normalized spacial score (nSPS) is 17.9. The minimum atomic E-state index is -0.762. The van der Waals surface area contributed by atoms with Gasteiger partial charge in [-0.2, -0.15) is 0 Å². The van der Waals surface area contributed by atoms with Gasteiger partial charge in [0.25, 0.3) is 0 Å². The van der Waals surface area contributed by atoms with Crippen LogP contribution in [0.2, 0.25) is 0 Å². The second-order valence-electron chi connectivity index (χ2n) is 11.3. The van der Waals surface area contributed by atoms with Crippen molar-refractivity contribution in [3.8, 4) is 11.4 Å². The zero-order valence-electron chi connectivity index (χ0n) is 24.8. The van der Waals surface area contributed by atoms with Gasteiger partial charge >= 0.3 is 5.97 Å². The minimum Gasteiger partial charge on any atom is -0.491 e. The highest BCUT2D eigenvalue weighted by atomic mass is 16.5. The summed E-state index contributed by atoms with van der Waals surface area (Å²) in [5, 5.41) is 22.6. The maximum absolute atomic E-state index is 13.1. The van der Waals surface area contributed by atoms with Crippen LogP contribution in [-0.4, -0.2) is 63.7 Å². The molecule has 0 radical (unpaired) electrons. The maximum Gasteiger partial charge on any atom is 0.340 e. The van der Waals surface area contributed by atoms with Gasteiger partial charge in [-0.3, -0.25) is 4.90 Å². The molecule has 4 aromatic rings. The molecular weight excluding hydrogens is 528 g/mol. The molecule has 222 valence electrons. The van der Waals surface area contributed by atoms with Gasteiger partial charge in [0.2, 0.25) is 0 Å². The van der Waals surface area contributed by atoms with Crippen LogP contribution in [0, 0.1) is 13.8 Å². The van der Waals surface area contributed by atoms with E-state index in [1.807, 2.05) is 62.4 Å². The lowest BCUT2D eigenvalue weighted by molar-refractivity contribution is -0.0144. The summed E-state index contributed by atoms with van der Waals surface area (Å²) in [6.07, 6.45) is 2.63. The smallest absolute Gasteiger partial charge is 0.340 e. The Balaban J connectivity index is 1.36. The molecule has 0 spiro atoms. The van der Waals surface area contributed by atoms with Crippen molar-refractivity contribution in [2.45, 2.75) is 71.2 Å². The first-order valence-electron chi connectivity index (χ1n) is 15.0. The molecule has 1 heterocycles. The van der Waals surface area contributed by atoms with Gasteiger partial charge in [-0.1, -0.05) is 60.9 Å². The molecule has 7 nitrogen and oxygen atoms in total. The highest BCUT2D eigenvalue weighted by Gasteiger charge is 2.30. The number of esters is 1. The lowest BCUT2D eigenvalue weighted by atomic mass is 9.91. The minimum absolute atomic E-state index is 0.00149. The van der Waals surface area contributed by atoms with Crippen LogP contribution in [0.5, 0.6) is 5.75 Å². The van der Waals surface area contributed by atoms with E-state index in [1.54, 1.807) is 6.92 Å². The molecule has 1 saturated carbocycles. The highest BCUT2D eigenvalue weighted by Crippen LogP contribution is 2.33. The quantitative estimate of drug-likeness (QED) is 0.216. The lowest BCUT2D eigenvalue weighted by Gasteiger charge is -2.38. The number of hydrogen-bond donors (Lipinski definition) is 2. The van der Waals surface area contributed by atoms with Crippen LogP contribution >= 0.6 is 0 Å². The van der Waals surface area contributed by atoms with Crippen LogP contribution in [0.4, 0.5) is 0 Å². The molecule has 0 amide bonds.